The summed E-state index contributed by atoms with van der Waals surface area (Å²) in [5.74, 6) is 1.36. The van der Waals surface area contributed by atoms with Crippen LogP contribution in [0.15, 0.2) is 425 Å². The first-order valence-electron chi connectivity index (χ1n) is 38.4. The van der Waals surface area contributed by atoms with Gasteiger partial charge in [-0.25, -0.2) is 29.6 Å². The van der Waals surface area contributed by atoms with E-state index in [1.165, 1.54) is 44.5 Å². The van der Waals surface area contributed by atoms with Crippen LogP contribution >= 0.6 is 0 Å². The monoisotopic (exact) mass is 1450 g/mol. The van der Waals surface area contributed by atoms with Crippen molar-refractivity contribution in [2.75, 3.05) is 0 Å². The Labute approximate surface area is 664 Å². The highest BCUT2D eigenvalue weighted by Crippen LogP contribution is 2.61. The standard InChI is InChI=1S/C60H39N3.C48H31N3/c1-61-55-24-14-23-53-58(55)52-38-37-49(39-54(52)60(53,50-19-10-4-11-20-50)51-21-12-5-13-22-51)45-29-35-48(36-30-45)59-62-56(46-31-25-43(26-32-46)41-15-6-2-7-16-41)40-57(63-59)47-33-27-44(28-34-47)42-17-8-3-9-18-42;1-49-43-24-14-23-42-46(43)40-31-37(29-30-41(40)48(42,38-19-10-4-11-20-38)39-21-12-5-13-22-39)33-25-27-35(28-26-33)45-32-44(34-15-6-2-7-16-34)50-47(51-45)36-17-8-3-9-18-36/h2-40H;2-32H. The van der Waals surface area contributed by atoms with E-state index in [1.54, 1.807) is 0 Å². The van der Waals surface area contributed by atoms with Gasteiger partial charge in [0.05, 0.1) is 46.7 Å². The Balaban J connectivity index is 0.000000156. The van der Waals surface area contributed by atoms with E-state index in [0.29, 0.717) is 23.0 Å². The molecule has 18 aromatic rings. The van der Waals surface area contributed by atoms with Gasteiger partial charge in [0.1, 0.15) is 0 Å². The Morgan fingerprint density at radius 3 is 0.825 bits per heavy atom. The van der Waals surface area contributed by atoms with Crippen LogP contribution in [0.5, 0.6) is 0 Å². The molecule has 0 aliphatic heterocycles. The van der Waals surface area contributed by atoms with Crippen molar-refractivity contribution in [1.29, 1.82) is 0 Å². The van der Waals surface area contributed by atoms with Gasteiger partial charge >= 0.3 is 0 Å². The Kier molecular flexibility index (Phi) is 18.1. The van der Waals surface area contributed by atoms with Crippen LogP contribution in [0.1, 0.15) is 44.5 Å². The fraction of sp³-hybridized carbons (Fsp3) is 0.0185. The Morgan fingerprint density at radius 2 is 0.447 bits per heavy atom. The molecular formula is C108H70N6. The van der Waals surface area contributed by atoms with E-state index in [2.05, 4.69) is 349 Å². The molecule has 16 aromatic carbocycles. The van der Waals surface area contributed by atoms with Crippen LogP contribution in [0, 0.1) is 13.1 Å². The zero-order valence-corrected chi connectivity index (χ0v) is 62.1. The topological polar surface area (TPSA) is 60.3 Å². The zero-order valence-electron chi connectivity index (χ0n) is 62.1. The fourth-order valence-electron chi connectivity index (χ4n) is 17.1. The maximum atomic E-state index is 8.18. The smallest absolute Gasteiger partial charge is 0.195 e. The van der Waals surface area contributed by atoms with Gasteiger partial charge in [-0.3, -0.25) is 0 Å². The number of hydrogen-bond acceptors (Lipinski definition) is 4. The van der Waals surface area contributed by atoms with E-state index in [0.717, 1.165) is 123 Å². The molecule has 0 amide bonds. The van der Waals surface area contributed by atoms with Gasteiger partial charge < -0.3 is 0 Å². The molecule has 2 aliphatic rings. The summed E-state index contributed by atoms with van der Waals surface area (Å²) in [5.41, 5.74) is 32.3. The number of rotatable bonds is 14. The van der Waals surface area contributed by atoms with E-state index < -0.39 is 10.8 Å². The average Bonchev–Trinajstić information content (AvgIpc) is 1.54. The van der Waals surface area contributed by atoms with Gasteiger partial charge in [-0.2, -0.15) is 0 Å². The van der Waals surface area contributed by atoms with Crippen molar-refractivity contribution >= 4 is 11.4 Å². The summed E-state index contributed by atoms with van der Waals surface area (Å²) in [5, 5.41) is 0. The lowest BCUT2D eigenvalue weighted by Gasteiger charge is -2.34. The predicted octanol–water partition coefficient (Wildman–Crippen LogP) is 27.5. The van der Waals surface area contributed by atoms with E-state index >= 15 is 0 Å². The quantitative estimate of drug-likeness (QED) is 0.102. The summed E-state index contributed by atoms with van der Waals surface area (Å²) in [6, 6.07) is 149. The second-order valence-corrected chi connectivity index (χ2v) is 28.8. The SMILES string of the molecule is [C-]#[N+]c1cccc2c1-c1cc(-c3ccc(-c4cc(-c5ccccc5)nc(-c5ccccc5)n4)cc3)ccc1C2(c1ccccc1)c1ccccc1.[C-]#[N+]c1cccc2c1-c1ccc(-c3ccc(-c4nc(-c5ccc(-c6ccccc6)cc5)cc(-c5ccc(-c6ccccc6)cc5)n4)cc3)cc1C2(c1ccccc1)c1ccccc1. The zero-order chi connectivity index (χ0) is 76.4. The minimum atomic E-state index is -0.604. The number of fused-ring (bicyclic) bond motifs is 6. The summed E-state index contributed by atoms with van der Waals surface area (Å²) in [4.78, 5) is 28.5. The number of nitrogens with zero attached hydrogens (tertiary/aromatic N) is 6. The van der Waals surface area contributed by atoms with Gasteiger partial charge in [-0.1, -0.05) is 400 Å². The van der Waals surface area contributed by atoms with Crippen molar-refractivity contribution in [2.24, 2.45) is 0 Å². The predicted molar refractivity (Wildman–Crippen MR) is 466 cm³/mol. The van der Waals surface area contributed by atoms with Crippen molar-refractivity contribution in [3.63, 3.8) is 0 Å². The highest BCUT2D eigenvalue weighted by Gasteiger charge is 2.48. The number of benzene rings is 16. The van der Waals surface area contributed by atoms with Crippen molar-refractivity contribution in [3.8, 4) is 135 Å². The molecule has 0 unspecified atom stereocenters. The van der Waals surface area contributed by atoms with Crippen molar-refractivity contribution in [3.05, 3.63) is 492 Å². The van der Waals surface area contributed by atoms with Crippen LogP contribution in [0.2, 0.25) is 0 Å². The van der Waals surface area contributed by atoms with Crippen molar-refractivity contribution in [2.45, 2.75) is 10.8 Å². The third-order valence-electron chi connectivity index (χ3n) is 22.5. The number of aromatic nitrogens is 4. The lowest BCUT2D eigenvalue weighted by atomic mass is 9.67. The van der Waals surface area contributed by atoms with Gasteiger partial charge in [0.2, 0.25) is 0 Å². The first-order chi connectivity index (χ1) is 56.4. The van der Waals surface area contributed by atoms with E-state index in [9.17, 15) is 0 Å². The molecule has 6 heteroatoms. The van der Waals surface area contributed by atoms with E-state index in [-0.39, 0.29) is 0 Å². The molecule has 532 valence electrons. The molecule has 0 saturated carbocycles. The second kappa shape index (κ2) is 29.9. The molecule has 0 saturated heterocycles. The highest BCUT2D eigenvalue weighted by molar-refractivity contribution is 5.97. The fourth-order valence-corrected chi connectivity index (χ4v) is 17.1. The minimum absolute atomic E-state index is 0.545. The Morgan fingerprint density at radius 1 is 0.184 bits per heavy atom. The van der Waals surface area contributed by atoms with Crippen molar-refractivity contribution in [1.82, 2.24) is 19.9 Å². The summed E-state index contributed by atoms with van der Waals surface area (Å²) in [6.07, 6.45) is 0. The molecule has 2 heterocycles. The average molecular weight is 1450 g/mol. The second-order valence-electron chi connectivity index (χ2n) is 28.8. The van der Waals surface area contributed by atoms with Crippen LogP contribution < -0.4 is 0 Å². The molecule has 2 aromatic heterocycles. The molecule has 0 fully saturated rings. The van der Waals surface area contributed by atoms with E-state index in [1.807, 2.05) is 84.9 Å². The first-order valence-corrected chi connectivity index (χ1v) is 38.4. The molecule has 0 atom stereocenters. The van der Waals surface area contributed by atoms with Gasteiger partial charge in [-0.05, 0) is 136 Å². The first kappa shape index (κ1) is 69.1. The molecule has 20 rings (SSSR count). The molecule has 6 nitrogen and oxygen atoms in total. The third kappa shape index (κ3) is 12.4. The minimum Gasteiger partial charge on any atom is -0.238 e. The molecule has 114 heavy (non-hydrogen) atoms. The third-order valence-corrected chi connectivity index (χ3v) is 22.5. The van der Waals surface area contributed by atoms with Gasteiger partial charge in [0, 0.05) is 33.4 Å². The largest absolute Gasteiger partial charge is 0.238 e. The highest BCUT2D eigenvalue weighted by atomic mass is 14.9. The van der Waals surface area contributed by atoms with Gasteiger partial charge in [-0.15, -0.1) is 0 Å². The summed E-state index contributed by atoms with van der Waals surface area (Å²) in [6.45, 7) is 16.4. The van der Waals surface area contributed by atoms with E-state index in [4.69, 9.17) is 33.1 Å². The number of hydrogen-bond donors (Lipinski definition) is 0. The Hall–Kier alpha value is -15.3. The van der Waals surface area contributed by atoms with Gasteiger partial charge in [0.25, 0.3) is 0 Å². The van der Waals surface area contributed by atoms with Crippen LogP contribution in [0.3, 0.4) is 0 Å². The lowest BCUT2D eigenvalue weighted by molar-refractivity contribution is 0.769. The molecule has 0 bridgehead atoms. The maximum absolute atomic E-state index is 8.18. The molecule has 0 spiro atoms. The Bertz CT molecular complexity index is 6410. The summed E-state index contributed by atoms with van der Waals surface area (Å²) >= 11 is 0. The van der Waals surface area contributed by atoms with Crippen LogP contribution in [-0.2, 0) is 10.8 Å². The van der Waals surface area contributed by atoms with Crippen LogP contribution in [0.25, 0.3) is 144 Å². The maximum Gasteiger partial charge on any atom is 0.195 e. The molecule has 0 N–H and O–H groups in total. The molecule has 0 radical (unpaired) electrons. The van der Waals surface area contributed by atoms with Gasteiger partial charge in [0.15, 0.2) is 23.0 Å². The van der Waals surface area contributed by atoms with Crippen LogP contribution in [-0.4, -0.2) is 19.9 Å². The van der Waals surface area contributed by atoms with Crippen LogP contribution in [0.4, 0.5) is 11.4 Å². The normalized spacial score (nSPS) is 12.3. The lowest BCUT2D eigenvalue weighted by Crippen LogP contribution is -2.28. The molecular weight excluding hydrogens is 1380 g/mol. The molecule has 2 aliphatic carbocycles. The van der Waals surface area contributed by atoms with Crippen molar-refractivity contribution < 1.29 is 0 Å². The summed E-state index contributed by atoms with van der Waals surface area (Å²) in [7, 11) is 0. The summed E-state index contributed by atoms with van der Waals surface area (Å²) < 4.78 is 0.